The van der Waals surface area contributed by atoms with Crippen LogP contribution in [0.1, 0.15) is 11.3 Å². The van der Waals surface area contributed by atoms with Gasteiger partial charge in [0.15, 0.2) is 0 Å². The second-order valence-corrected chi connectivity index (χ2v) is 5.13. The molecule has 5 nitrogen and oxygen atoms in total. The van der Waals surface area contributed by atoms with Gasteiger partial charge in [0, 0.05) is 29.3 Å². The second-order valence-electron chi connectivity index (χ2n) is 4.29. The second kappa shape index (κ2) is 6.81. The van der Waals surface area contributed by atoms with Crippen LogP contribution in [0.25, 0.3) is 11.5 Å². The summed E-state index contributed by atoms with van der Waals surface area (Å²) in [4.78, 5) is 4.17. The summed E-state index contributed by atoms with van der Waals surface area (Å²) in [5.41, 5.74) is 1.62. The first-order valence-electron chi connectivity index (χ1n) is 6.16. The van der Waals surface area contributed by atoms with Gasteiger partial charge in [0.2, 0.25) is 17.5 Å². The topological polar surface area (TPSA) is 71.1 Å². The zero-order chi connectivity index (χ0) is 15.4. The molecular formula is C14H13Cl2N3O2. The Kier molecular flexibility index (Phi) is 5.07. The number of ether oxygens (including phenoxy) is 1. The van der Waals surface area contributed by atoms with Gasteiger partial charge in [-0.25, -0.2) is 0 Å². The number of benzene rings is 1. The van der Waals surface area contributed by atoms with E-state index in [1.54, 1.807) is 19.2 Å². The van der Waals surface area contributed by atoms with Crippen molar-refractivity contribution in [1.82, 2.24) is 4.98 Å². The van der Waals surface area contributed by atoms with Crippen LogP contribution in [-0.4, -0.2) is 25.2 Å². The van der Waals surface area contributed by atoms with Crippen molar-refractivity contribution in [2.75, 3.05) is 25.6 Å². The summed E-state index contributed by atoms with van der Waals surface area (Å²) in [5, 5.41) is 13.1. The van der Waals surface area contributed by atoms with Crippen LogP contribution in [-0.2, 0) is 4.74 Å². The molecule has 0 amide bonds. The Morgan fingerprint density at radius 2 is 2.19 bits per heavy atom. The van der Waals surface area contributed by atoms with E-state index in [1.165, 1.54) is 0 Å². The lowest BCUT2D eigenvalue weighted by Crippen LogP contribution is -2.07. The molecule has 7 heteroatoms. The van der Waals surface area contributed by atoms with Crippen LogP contribution in [0.3, 0.4) is 0 Å². The van der Waals surface area contributed by atoms with Crippen molar-refractivity contribution < 1.29 is 9.15 Å². The highest BCUT2D eigenvalue weighted by atomic mass is 35.5. The molecule has 0 unspecified atom stereocenters. The van der Waals surface area contributed by atoms with Gasteiger partial charge < -0.3 is 14.5 Å². The average Bonchev–Trinajstić information content (AvgIpc) is 2.86. The number of anilines is 1. The predicted octanol–water partition coefficient (Wildman–Crippen LogP) is 3.89. The molecule has 1 N–H and O–H groups in total. The van der Waals surface area contributed by atoms with E-state index in [0.29, 0.717) is 40.5 Å². The fourth-order valence-corrected chi connectivity index (χ4v) is 2.26. The molecule has 2 rings (SSSR count). The molecule has 0 spiro atoms. The number of hydrogen-bond donors (Lipinski definition) is 1. The Morgan fingerprint density at radius 1 is 1.43 bits per heavy atom. The number of halogens is 2. The standard InChI is InChI=1S/C14H13Cl2N3O2/c1-8-10(5-9(15)6-11(8)16)13-19-12(7-17)14(21-13)18-3-4-20-2/h5-6,18H,3-4H2,1-2H3. The smallest absolute Gasteiger partial charge is 0.232 e. The molecule has 0 radical (unpaired) electrons. The lowest BCUT2D eigenvalue weighted by molar-refractivity contribution is 0.210. The molecule has 21 heavy (non-hydrogen) atoms. The van der Waals surface area contributed by atoms with E-state index in [2.05, 4.69) is 10.3 Å². The normalized spacial score (nSPS) is 10.4. The van der Waals surface area contributed by atoms with Gasteiger partial charge in [-0.05, 0) is 24.6 Å². The molecule has 0 saturated heterocycles. The quantitative estimate of drug-likeness (QED) is 0.844. The first-order valence-corrected chi connectivity index (χ1v) is 6.92. The average molecular weight is 326 g/mol. The first-order chi connectivity index (χ1) is 10.1. The van der Waals surface area contributed by atoms with E-state index in [0.717, 1.165) is 5.56 Å². The molecule has 1 aromatic carbocycles. The molecule has 0 saturated carbocycles. The number of nitrogens with zero attached hydrogens (tertiary/aromatic N) is 2. The first kappa shape index (κ1) is 15.6. The monoisotopic (exact) mass is 325 g/mol. The summed E-state index contributed by atoms with van der Waals surface area (Å²) in [5.74, 6) is 0.605. The molecule has 0 bridgehead atoms. The third-order valence-corrected chi connectivity index (χ3v) is 3.48. The maximum Gasteiger partial charge on any atom is 0.232 e. The summed E-state index contributed by atoms with van der Waals surface area (Å²) < 4.78 is 10.5. The van der Waals surface area contributed by atoms with Crippen molar-refractivity contribution in [3.8, 4) is 17.5 Å². The lowest BCUT2D eigenvalue weighted by atomic mass is 10.1. The highest BCUT2D eigenvalue weighted by molar-refractivity contribution is 6.35. The van der Waals surface area contributed by atoms with Crippen LogP contribution in [0.2, 0.25) is 10.0 Å². The minimum Gasteiger partial charge on any atom is -0.419 e. The van der Waals surface area contributed by atoms with E-state index in [9.17, 15) is 0 Å². The summed E-state index contributed by atoms with van der Waals surface area (Å²) in [7, 11) is 1.59. The highest BCUT2D eigenvalue weighted by Gasteiger charge is 2.17. The molecule has 0 aliphatic heterocycles. The molecule has 1 heterocycles. The van der Waals surface area contributed by atoms with Crippen molar-refractivity contribution in [1.29, 1.82) is 5.26 Å². The Balaban J connectivity index is 2.39. The van der Waals surface area contributed by atoms with Gasteiger partial charge in [-0.15, -0.1) is 0 Å². The zero-order valence-corrected chi connectivity index (χ0v) is 13.0. The van der Waals surface area contributed by atoms with Gasteiger partial charge in [-0.2, -0.15) is 10.2 Å². The summed E-state index contributed by atoms with van der Waals surface area (Å²) in [6.45, 7) is 2.83. The lowest BCUT2D eigenvalue weighted by Gasteiger charge is -2.05. The van der Waals surface area contributed by atoms with E-state index in [1.807, 2.05) is 13.0 Å². The van der Waals surface area contributed by atoms with Gasteiger partial charge in [0.25, 0.3) is 0 Å². The minimum absolute atomic E-state index is 0.177. The Hall–Kier alpha value is -1.74. The molecule has 0 aliphatic rings. The molecule has 0 fully saturated rings. The highest BCUT2D eigenvalue weighted by Crippen LogP contribution is 2.33. The number of aromatic nitrogens is 1. The van der Waals surface area contributed by atoms with E-state index >= 15 is 0 Å². The van der Waals surface area contributed by atoms with Crippen molar-refractivity contribution >= 4 is 29.1 Å². The summed E-state index contributed by atoms with van der Waals surface area (Å²) in [6, 6.07) is 5.34. The maximum atomic E-state index is 9.12. The maximum absolute atomic E-state index is 9.12. The van der Waals surface area contributed by atoms with Crippen LogP contribution >= 0.6 is 23.2 Å². The van der Waals surface area contributed by atoms with E-state index in [4.69, 9.17) is 37.6 Å². The van der Waals surface area contributed by atoms with Gasteiger partial charge in [-0.1, -0.05) is 23.2 Å². The third-order valence-electron chi connectivity index (χ3n) is 2.86. The fourth-order valence-electron chi connectivity index (χ4n) is 1.77. The Labute approximate surface area is 132 Å². The number of rotatable bonds is 5. The van der Waals surface area contributed by atoms with Gasteiger partial charge in [-0.3, -0.25) is 0 Å². The minimum atomic E-state index is 0.177. The van der Waals surface area contributed by atoms with E-state index < -0.39 is 0 Å². The number of nitrogens with one attached hydrogen (secondary N) is 1. The largest absolute Gasteiger partial charge is 0.419 e. The third kappa shape index (κ3) is 3.48. The van der Waals surface area contributed by atoms with Crippen LogP contribution < -0.4 is 5.32 Å². The predicted molar refractivity (Wildman–Crippen MR) is 81.8 cm³/mol. The molecule has 1 aromatic heterocycles. The number of methoxy groups -OCH3 is 1. The van der Waals surface area contributed by atoms with Crippen LogP contribution in [0.4, 0.5) is 5.88 Å². The van der Waals surface area contributed by atoms with Gasteiger partial charge >= 0.3 is 0 Å². The summed E-state index contributed by atoms with van der Waals surface area (Å²) in [6.07, 6.45) is 0. The molecule has 0 aliphatic carbocycles. The fraction of sp³-hybridized carbons (Fsp3) is 0.286. The SMILES string of the molecule is COCCNc1oc(-c2cc(Cl)cc(Cl)c2C)nc1C#N. The van der Waals surface area contributed by atoms with Crippen LogP contribution in [0.15, 0.2) is 16.5 Å². The Bertz CT molecular complexity index is 692. The molecule has 0 atom stereocenters. The molecule has 2 aromatic rings. The number of nitriles is 1. The van der Waals surface area contributed by atoms with Crippen LogP contribution in [0, 0.1) is 18.3 Å². The number of hydrogen-bond acceptors (Lipinski definition) is 5. The van der Waals surface area contributed by atoms with Gasteiger partial charge in [0.05, 0.1) is 6.61 Å². The van der Waals surface area contributed by atoms with Crippen molar-refractivity contribution in [2.45, 2.75) is 6.92 Å². The zero-order valence-electron chi connectivity index (χ0n) is 11.5. The van der Waals surface area contributed by atoms with Crippen molar-refractivity contribution in [2.24, 2.45) is 0 Å². The molecule has 110 valence electrons. The summed E-state index contributed by atoms with van der Waals surface area (Å²) >= 11 is 12.1. The van der Waals surface area contributed by atoms with Crippen LogP contribution in [0.5, 0.6) is 0 Å². The van der Waals surface area contributed by atoms with Gasteiger partial charge in [0.1, 0.15) is 6.07 Å². The van der Waals surface area contributed by atoms with Crippen molar-refractivity contribution in [3.63, 3.8) is 0 Å². The number of oxazole rings is 1. The Morgan fingerprint density at radius 3 is 2.86 bits per heavy atom. The molecular weight excluding hydrogens is 313 g/mol. The van der Waals surface area contributed by atoms with Crippen molar-refractivity contribution in [3.05, 3.63) is 33.4 Å². The van der Waals surface area contributed by atoms with E-state index in [-0.39, 0.29) is 5.69 Å².